The normalized spacial score (nSPS) is 10.8. The predicted octanol–water partition coefficient (Wildman–Crippen LogP) is 3.73. The summed E-state index contributed by atoms with van der Waals surface area (Å²) in [6.07, 6.45) is 3.34. The van der Waals surface area contributed by atoms with Gasteiger partial charge in [-0.2, -0.15) is 0 Å². The summed E-state index contributed by atoms with van der Waals surface area (Å²) in [6.45, 7) is 6.83. The van der Waals surface area contributed by atoms with Crippen molar-refractivity contribution < 1.29 is 4.74 Å². The highest BCUT2D eigenvalue weighted by molar-refractivity contribution is 6.30. The van der Waals surface area contributed by atoms with Crippen molar-refractivity contribution in [3.8, 4) is 11.6 Å². The lowest BCUT2D eigenvalue weighted by Gasteiger charge is -2.09. The lowest BCUT2D eigenvalue weighted by Crippen LogP contribution is -2.22. The SMILES string of the molecule is Cc1ccc(Cl)cc1Oc1cnc(CNC(C)C)cn1. The summed E-state index contributed by atoms with van der Waals surface area (Å²) >= 11 is 5.95. The van der Waals surface area contributed by atoms with Gasteiger partial charge in [0.25, 0.3) is 0 Å². The predicted molar refractivity (Wildman–Crippen MR) is 80.3 cm³/mol. The highest BCUT2D eigenvalue weighted by Gasteiger charge is 2.05. The molecule has 0 aliphatic rings. The standard InChI is InChI=1S/C15H18ClN3O/c1-10(2)17-7-13-8-19-15(9-18-13)20-14-6-12(16)5-4-11(14)3/h4-6,8-10,17H,7H2,1-3H3. The van der Waals surface area contributed by atoms with Crippen LogP contribution in [0, 0.1) is 6.92 Å². The summed E-state index contributed by atoms with van der Waals surface area (Å²) in [5.74, 6) is 1.16. The maximum absolute atomic E-state index is 5.95. The first-order chi connectivity index (χ1) is 9.54. The summed E-state index contributed by atoms with van der Waals surface area (Å²) in [6, 6.07) is 5.93. The van der Waals surface area contributed by atoms with Crippen molar-refractivity contribution in [2.45, 2.75) is 33.4 Å². The molecule has 20 heavy (non-hydrogen) atoms. The molecule has 0 aliphatic heterocycles. The van der Waals surface area contributed by atoms with E-state index in [4.69, 9.17) is 16.3 Å². The molecule has 0 spiro atoms. The Bertz CT molecular complexity index is 570. The molecule has 0 unspecified atom stereocenters. The Balaban J connectivity index is 2.05. The Hall–Kier alpha value is -1.65. The number of aryl methyl sites for hydroxylation is 1. The van der Waals surface area contributed by atoms with E-state index in [2.05, 4.69) is 29.1 Å². The molecule has 0 aliphatic carbocycles. The average molecular weight is 292 g/mol. The van der Waals surface area contributed by atoms with Crippen LogP contribution in [-0.2, 0) is 6.54 Å². The lowest BCUT2D eigenvalue weighted by atomic mass is 10.2. The van der Waals surface area contributed by atoms with Gasteiger partial charge in [0, 0.05) is 17.6 Å². The van der Waals surface area contributed by atoms with Crippen LogP contribution < -0.4 is 10.1 Å². The highest BCUT2D eigenvalue weighted by Crippen LogP contribution is 2.26. The first-order valence-corrected chi connectivity index (χ1v) is 6.90. The second-order valence-electron chi connectivity index (χ2n) is 4.89. The van der Waals surface area contributed by atoms with E-state index in [1.54, 1.807) is 18.5 Å². The number of hydrogen-bond acceptors (Lipinski definition) is 4. The molecule has 0 radical (unpaired) electrons. The monoisotopic (exact) mass is 291 g/mol. The molecule has 0 bridgehead atoms. The number of rotatable bonds is 5. The molecule has 0 amide bonds. The molecule has 0 fully saturated rings. The average Bonchev–Trinajstić information content (AvgIpc) is 2.42. The minimum atomic E-state index is 0.418. The van der Waals surface area contributed by atoms with Crippen LogP contribution in [0.3, 0.4) is 0 Å². The van der Waals surface area contributed by atoms with Crippen LogP contribution in [-0.4, -0.2) is 16.0 Å². The van der Waals surface area contributed by atoms with E-state index in [9.17, 15) is 0 Å². The van der Waals surface area contributed by atoms with Crippen LogP contribution in [0.4, 0.5) is 0 Å². The van der Waals surface area contributed by atoms with Gasteiger partial charge >= 0.3 is 0 Å². The third-order valence-corrected chi connectivity index (χ3v) is 2.97. The van der Waals surface area contributed by atoms with E-state index in [-0.39, 0.29) is 0 Å². The zero-order chi connectivity index (χ0) is 14.5. The van der Waals surface area contributed by atoms with E-state index in [0.29, 0.717) is 29.2 Å². The molecular weight excluding hydrogens is 274 g/mol. The maximum atomic E-state index is 5.95. The van der Waals surface area contributed by atoms with Gasteiger partial charge in [0.05, 0.1) is 18.1 Å². The minimum Gasteiger partial charge on any atom is -0.437 e. The van der Waals surface area contributed by atoms with E-state index >= 15 is 0 Å². The maximum Gasteiger partial charge on any atom is 0.237 e. The zero-order valence-corrected chi connectivity index (χ0v) is 12.6. The van der Waals surface area contributed by atoms with Gasteiger partial charge in [-0.1, -0.05) is 31.5 Å². The van der Waals surface area contributed by atoms with Crippen LogP contribution >= 0.6 is 11.6 Å². The first-order valence-electron chi connectivity index (χ1n) is 6.53. The van der Waals surface area contributed by atoms with Gasteiger partial charge in [-0.25, -0.2) is 4.98 Å². The molecule has 4 nitrogen and oxygen atoms in total. The minimum absolute atomic E-state index is 0.418. The number of benzene rings is 1. The molecule has 106 valence electrons. The third kappa shape index (κ3) is 4.18. The first kappa shape index (κ1) is 14.8. The van der Waals surface area contributed by atoms with E-state index in [1.165, 1.54) is 0 Å². The fourth-order valence-corrected chi connectivity index (χ4v) is 1.75. The quantitative estimate of drug-likeness (QED) is 0.912. The molecule has 2 rings (SSSR count). The summed E-state index contributed by atoms with van der Waals surface area (Å²) in [5.41, 5.74) is 1.88. The summed E-state index contributed by atoms with van der Waals surface area (Å²) in [7, 11) is 0. The second-order valence-corrected chi connectivity index (χ2v) is 5.33. The number of nitrogens with one attached hydrogen (secondary N) is 1. The molecule has 0 atom stereocenters. The number of nitrogens with zero attached hydrogens (tertiary/aromatic N) is 2. The molecule has 1 aromatic carbocycles. The summed E-state index contributed by atoms with van der Waals surface area (Å²) in [5, 5.41) is 3.92. The second kappa shape index (κ2) is 6.68. The summed E-state index contributed by atoms with van der Waals surface area (Å²) < 4.78 is 5.69. The largest absolute Gasteiger partial charge is 0.437 e. The van der Waals surface area contributed by atoms with Gasteiger partial charge in [-0.3, -0.25) is 4.98 Å². The van der Waals surface area contributed by atoms with Crippen molar-refractivity contribution in [1.82, 2.24) is 15.3 Å². The van der Waals surface area contributed by atoms with Crippen LogP contribution in [0.15, 0.2) is 30.6 Å². The molecule has 1 aromatic heterocycles. The zero-order valence-electron chi connectivity index (χ0n) is 11.9. The van der Waals surface area contributed by atoms with Gasteiger partial charge in [0.1, 0.15) is 5.75 Å². The van der Waals surface area contributed by atoms with Gasteiger partial charge in [-0.15, -0.1) is 0 Å². The molecule has 1 heterocycles. The molecule has 0 saturated carbocycles. The van der Waals surface area contributed by atoms with Gasteiger partial charge < -0.3 is 10.1 Å². The Morgan fingerprint density at radius 1 is 1.25 bits per heavy atom. The van der Waals surface area contributed by atoms with Crippen LogP contribution in [0.2, 0.25) is 5.02 Å². The molecular formula is C15H18ClN3O. The molecule has 5 heteroatoms. The summed E-state index contributed by atoms with van der Waals surface area (Å²) in [4.78, 5) is 8.57. The van der Waals surface area contributed by atoms with E-state index in [0.717, 1.165) is 11.3 Å². The van der Waals surface area contributed by atoms with Crippen LogP contribution in [0.25, 0.3) is 0 Å². The van der Waals surface area contributed by atoms with Crippen molar-refractivity contribution >= 4 is 11.6 Å². The highest BCUT2D eigenvalue weighted by atomic mass is 35.5. The Morgan fingerprint density at radius 3 is 2.70 bits per heavy atom. The van der Waals surface area contributed by atoms with Crippen molar-refractivity contribution in [2.75, 3.05) is 0 Å². The van der Waals surface area contributed by atoms with Gasteiger partial charge in [0.2, 0.25) is 5.88 Å². The topological polar surface area (TPSA) is 47.0 Å². The van der Waals surface area contributed by atoms with Crippen molar-refractivity contribution in [3.63, 3.8) is 0 Å². The molecule has 2 aromatic rings. The third-order valence-electron chi connectivity index (χ3n) is 2.74. The smallest absolute Gasteiger partial charge is 0.237 e. The van der Waals surface area contributed by atoms with E-state index in [1.807, 2.05) is 19.1 Å². The van der Waals surface area contributed by atoms with Crippen molar-refractivity contribution in [2.24, 2.45) is 0 Å². The number of hydrogen-bond donors (Lipinski definition) is 1. The van der Waals surface area contributed by atoms with Crippen LogP contribution in [0.5, 0.6) is 11.6 Å². The number of aromatic nitrogens is 2. The van der Waals surface area contributed by atoms with Crippen molar-refractivity contribution in [1.29, 1.82) is 0 Å². The van der Waals surface area contributed by atoms with Crippen LogP contribution in [0.1, 0.15) is 25.1 Å². The molecule has 0 saturated heterocycles. The van der Waals surface area contributed by atoms with Crippen molar-refractivity contribution in [3.05, 3.63) is 46.9 Å². The number of ether oxygens (including phenoxy) is 1. The Labute approximate surface area is 124 Å². The molecule has 1 N–H and O–H groups in total. The lowest BCUT2D eigenvalue weighted by molar-refractivity contribution is 0.455. The Kier molecular flexibility index (Phi) is 4.93. The number of halogens is 1. The fraction of sp³-hybridized carbons (Fsp3) is 0.333. The Morgan fingerprint density at radius 2 is 2.05 bits per heavy atom. The van der Waals surface area contributed by atoms with Gasteiger partial charge in [0.15, 0.2) is 0 Å². The fourth-order valence-electron chi connectivity index (χ4n) is 1.59. The van der Waals surface area contributed by atoms with E-state index < -0.39 is 0 Å². The van der Waals surface area contributed by atoms with Gasteiger partial charge in [-0.05, 0) is 24.6 Å².